The van der Waals surface area contributed by atoms with Crippen molar-refractivity contribution in [2.45, 2.75) is 31.8 Å². The maximum absolute atomic E-state index is 10.4. The molecule has 0 saturated carbocycles. The van der Waals surface area contributed by atoms with E-state index in [1.54, 1.807) is 6.92 Å². The number of aryl methyl sites for hydroxylation is 1. The Bertz CT molecular complexity index is 453. The van der Waals surface area contributed by atoms with Crippen LogP contribution in [0.25, 0.3) is 0 Å². The summed E-state index contributed by atoms with van der Waals surface area (Å²) in [5, 5.41) is 37.2. The second-order valence-corrected chi connectivity index (χ2v) is 3.92. The fourth-order valence-electron chi connectivity index (χ4n) is 1.97. The molecule has 1 aromatic heterocycles. The van der Waals surface area contributed by atoms with Gasteiger partial charge in [0.05, 0.1) is 5.71 Å². The Kier molecular flexibility index (Phi) is 2.47. The minimum atomic E-state index is -1.56. The third-order valence-corrected chi connectivity index (χ3v) is 2.67. The molecule has 86 valence electrons. The average Bonchev–Trinajstić information content (AvgIpc) is 2.66. The number of fused-ring (bicyclic) bond motifs is 1. The Morgan fingerprint density at radius 3 is 2.94 bits per heavy atom. The highest BCUT2D eigenvalue weighted by Crippen LogP contribution is 2.34. The Labute approximate surface area is 91.2 Å². The molecule has 7 heteroatoms. The highest BCUT2D eigenvalue weighted by atomic mass is 16.6. The lowest BCUT2D eigenvalue weighted by atomic mass is 9.80. The molecule has 1 aliphatic rings. The van der Waals surface area contributed by atoms with Crippen LogP contribution < -0.4 is 0 Å². The largest absolute Gasteiger partial charge is 0.411 e. The second kappa shape index (κ2) is 3.67. The predicted molar refractivity (Wildman–Crippen MR) is 53.8 cm³/mol. The zero-order chi connectivity index (χ0) is 11.8. The van der Waals surface area contributed by atoms with Crippen LogP contribution >= 0.6 is 0 Å². The first kappa shape index (κ1) is 10.7. The van der Waals surface area contributed by atoms with E-state index in [1.165, 1.54) is 0 Å². The first-order valence-corrected chi connectivity index (χ1v) is 4.87. The molecule has 3 N–H and O–H groups in total. The number of rotatable bonds is 2. The van der Waals surface area contributed by atoms with Gasteiger partial charge in [0.2, 0.25) is 0 Å². The zero-order valence-electron chi connectivity index (χ0n) is 8.77. The van der Waals surface area contributed by atoms with Gasteiger partial charge in [-0.05, 0) is 13.3 Å². The third kappa shape index (κ3) is 1.49. The van der Waals surface area contributed by atoms with Crippen molar-refractivity contribution in [3.8, 4) is 0 Å². The first-order chi connectivity index (χ1) is 7.58. The van der Waals surface area contributed by atoms with Crippen molar-refractivity contribution in [3.63, 3.8) is 0 Å². The Balaban J connectivity index is 2.50. The summed E-state index contributed by atoms with van der Waals surface area (Å²) in [6, 6.07) is 0. The molecule has 0 radical (unpaired) electrons. The Hall–Kier alpha value is -1.76. The number of hydrogen-bond acceptors (Lipinski definition) is 7. The lowest BCUT2D eigenvalue weighted by molar-refractivity contribution is 0.0984. The van der Waals surface area contributed by atoms with E-state index >= 15 is 0 Å². The maximum atomic E-state index is 10.4. The van der Waals surface area contributed by atoms with Gasteiger partial charge >= 0.3 is 0 Å². The summed E-state index contributed by atoms with van der Waals surface area (Å²) >= 11 is 0. The summed E-state index contributed by atoms with van der Waals surface area (Å²) < 4.78 is 4.57. The molecule has 1 heterocycles. The van der Waals surface area contributed by atoms with E-state index in [4.69, 9.17) is 10.6 Å². The molecule has 0 bridgehead atoms. The summed E-state index contributed by atoms with van der Waals surface area (Å²) in [6.07, 6.45) is 0.909. The molecule has 1 atom stereocenters. The Morgan fingerprint density at radius 2 is 2.31 bits per heavy atom. The molecule has 1 aromatic rings. The molecule has 7 nitrogen and oxygen atoms in total. The van der Waals surface area contributed by atoms with Crippen LogP contribution in [0.5, 0.6) is 0 Å². The minimum absolute atomic E-state index is 0.0214. The van der Waals surface area contributed by atoms with Gasteiger partial charge in [0, 0.05) is 18.6 Å². The van der Waals surface area contributed by atoms with Crippen molar-refractivity contribution < 1.29 is 14.9 Å². The molecule has 1 aliphatic carbocycles. The molecule has 2 rings (SSSR count). The second-order valence-electron chi connectivity index (χ2n) is 3.92. The summed E-state index contributed by atoms with van der Waals surface area (Å²) in [6.45, 7) is 1.56. The fourth-order valence-corrected chi connectivity index (χ4v) is 1.97. The predicted octanol–water partition coefficient (Wildman–Crippen LogP) is 0.463. The van der Waals surface area contributed by atoms with Gasteiger partial charge in [-0.3, -0.25) is 0 Å². The molecule has 0 fully saturated rings. The van der Waals surface area contributed by atoms with Crippen molar-refractivity contribution in [1.29, 1.82) is 5.41 Å². The van der Waals surface area contributed by atoms with Crippen LogP contribution in [0.15, 0.2) is 9.78 Å². The minimum Gasteiger partial charge on any atom is -0.411 e. The van der Waals surface area contributed by atoms with Crippen LogP contribution in [0.1, 0.15) is 31.2 Å². The number of hydrogen-bond donors (Lipinski definition) is 3. The SMILES string of the molecule is CC(=N)CC1(O)/C(=N/O)CCc2nonc21. The van der Waals surface area contributed by atoms with Crippen LogP contribution in [-0.4, -0.2) is 32.1 Å². The molecule has 0 aliphatic heterocycles. The summed E-state index contributed by atoms with van der Waals surface area (Å²) in [4.78, 5) is 0. The monoisotopic (exact) mass is 224 g/mol. The maximum Gasteiger partial charge on any atom is 0.158 e. The van der Waals surface area contributed by atoms with E-state index < -0.39 is 5.60 Å². The van der Waals surface area contributed by atoms with Crippen LogP contribution in [0.2, 0.25) is 0 Å². The van der Waals surface area contributed by atoms with E-state index in [2.05, 4.69) is 20.1 Å². The summed E-state index contributed by atoms with van der Waals surface area (Å²) in [5.74, 6) is 0. The van der Waals surface area contributed by atoms with E-state index in [1.807, 2.05) is 0 Å². The van der Waals surface area contributed by atoms with E-state index in [0.29, 0.717) is 18.5 Å². The number of oxime groups is 1. The van der Waals surface area contributed by atoms with Gasteiger partial charge in [-0.2, -0.15) is 0 Å². The fraction of sp³-hybridized carbons (Fsp3) is 0.556. The standard InChI is InChI=1S/C9H12N4O3/c1-5(10)4-9(14)7(11-15)3-2-6-8(9)13-16-12-6/h10,14-15H,2-4H2,1H3/b10-5?,11-7+. The smallest absolute Gasteiger partial charge is 0.158 e. The number of nitrogens with zero attached hydrogens (tertiary/aromatic N) is 3. The Morgan fingerprint density at radius 1 is 1.56 bits per heavy atom. The van der Waals surface area contributed by atoms with E-state index in [-0.39, 0.29) is 23.5 Å². The summed E-state index contributed by atoms with van der Waals surface area (Å²) in [7, 11) is 0. The normalized spacial score (nSPS) is 26.8. The van der Waals surface area contributed by atoms with Gasteiger partial charge in [-0.1, -0.05) is 15.5 Å². The highest BCUT2D eigenvalue weighted by molar-refractivity contribution is 5.98. The molecule has 0 amide bonds. The van der Waals surface area contributed by atoms with Crippen molar-refractivity contribution in [2.75, 3.05) is 0 Å². The van der Waals surface area contributed by atoms with Gasteiger partial charge < -0.3 is 15.7 Å². The molecule has 0 aromatic carbocycles. The van der Waals surface area contributed by atoms with Crippen LogP contribution in [-0.2, 0) is 12.0 Å². The zero-order valence-corrected chi connectivity index (χ0v) is 8.77. The number of aliphatic hydroxyl groups is 1. The first-order valence-electron chi connectivity index (χ1n) is 4.87. The van der Waals surface area contributed by atoms with Crippen molar-refractivity contribution in [1.82, 2.24) is 10.3 Å². The molecular formula is C9H12N4O3. The quantitative estimate of drug-likeness (QED) is 0.383. The summed E-state index contributed by atoms with van der Waals surface area (Å²) in [5.41, 5.74) is -0.301. The lowest BCUT2D eigenvalue weighted by Crippen LogP contribution is -2.42. The van der Waals surface area contributed by atoms with Gasteiger partial charge in [0.25, 0.3) is 0 Å². The van der Waals surface area contributed by atoms with Gasteiger partial charge in [0.1, 0.15) is 11.4 Å². The molecule has 0 saturated heterocycles. The van der Waals surface area contributed by atoms with E-state index in [0.717, 1.165) is 0 Å². The van der Waals surface area contributed by atoms with Crippen molar-refractivity contribution >= 4 is 11.4 Å². The number of aromatic nitrogens is 2. The van der Waals surface area contributed by atoms with Crippen LogP contribution in [0.3, 0.4) is 0 Å². The number of nitrogens with one attached hydrogen (secondary N) is 1. The molecule has 0 spiro atoms. The topological polar surface area (TPSA) is 116 Å². The molecular weight excluding hydrogens is 212 g/mol. The van der Waals surface area contributed by atoms with Crippen LogP contribution in [0, 0.1) is 5.41 Å². The van der Waals surface area contributed by atoms with Crippen molar-refractivity contribution in [2.24, 2.45) is 5.16 Å². The molecule has 16 heavy (non-hydrogen) atoms. The van der Waals surface area contributed by atoms with Gasteiger partial charge in [-0.25, -0.2) is 4.63 Å². The van der Waals surface area contributed by atoms with Gasteiger partial charge in [-0.15, -0.1) is 0 Å². The molecule has 1 unspecified atom stereocenters. The van der Waals surface area contributed by atoms with E-state index in [9.17, 15) is 5.11 Å². The van der Waals surface area contributed by atoms with Gasteiger partial charge in [0.15, 0.2) is 5.60 Å². The lowest BCUT2D eigenvalue weighted by Gasteiger charge is -2.29. The van der Waals surface area contributed by atoms with Crippen molar-refractivity contribution in [3.05, 3.63) is 11.4 Å². The third-order valence-electron chi connectivity index (χ3n) is 2.67. The average molecular weight is 224 g/mol. The van der Waals surface area contributed by atoms with Crippen LogP contribution in [0.4, 0.5) is 0 Å². The highest BCUT2D eigenvalue weighted by Gasteiger charge is 2.44.